The lowest BCUT2D eigenvalue weighted by Crippen LogP contribution is -1.97. The predicted molar refractivity (Wildman–Crippen MR) is 105 cm³/mol. The molecule has 0 atom stereocenters. The SMILES string of the molecule is Cc1ccc2cccc(Cc3c(Cl)ccc(N)c3Cl)c2n1.Cl.Cl. The Hall–Kier alpha value is -1.19. The number of aromatic nitrogens is 1. The van der Waals surface area contributed by atoms with Crippen LogP contribution < -0.4 is 5.73 Å². The van der Waals surface area contributed by atoms with Crippen LogP contribution in [0.2, 0.25) is 10.0 Å². The molecule has 2 nitrogen and oxygen atoms in total. The summed E-state index contributed by atoms with van der Waals surface area (Å²) in [6.45, 7) is 1.98. The third-order valence-corrected chi connectivity index (χ3v) is 4.33. The number of nitrogen functional groups attached to an aromatic ring is 1. The van der Waals surface area contributed by atoms with Crippen LogP contribution >= 0.6 is 48.0 Å². The summed E-state index contributed by atoms with van der Waals surface area (Å²) in [5.41, 5.74) is 10.3. The minimum Gasteiger partial charge on any atom is -0.398 e. The molecular weight excluding hydrogens is 374 g/mol. The number of aryl methyl sites for hydroxylation is 1. The van der Waals surface area contributed by atoms with E-state index in [1.807, 2.05) is 31.2 Å². The maximum Gasteiger partial charge on any atom is 0.0740 e. The van der Waals surface area contributed by atoms with Gasteiger partial charge >= 0.3 is 0 Å². The van der Waals surface area contributed by atoms with Crippen LogP contribution in [0.5, 0.6) is 0 Å². The van der Waals surface area contributed by atoms with Crippen molar-refractivity contribution in [3.05, 3.63) is 69.3 Å². The molecule has 3 rings (SSSR count). The summed E-state index contributed by atoms with van der Waals surface area (Å²) in [6, 6.07) is 13.7. The number of para-hydroxylation sites is 1. The largest absolute Gasteiger partial charge is 0.398 e. The molecule has 0 saturated heterocycles. The molecule has 2 aromatic carbocycles. The van der Waals surface area contributed by atoms with E-state index in [2.05, 4.69) is 11.1 Å². The molecule has 0 radical (unpaired) electrons. The highest BCUT2D eigenvalue weighted by Crippen LogP contribution is 2.32. The van der Waals surface area contributed by atoms with Crippen molar-refractivity contribution in [1.29, 1.82) is 0 Å². The summed E-state index contributed by atoms with van der Waals surface area (Å²) in [7, 11) is 0. The molecule has 0 aliphatic heterocycles. The summed E-state index contributed by atoms with van der Waals surface area (Å²) in [6.07, 6.45) is 0.608. The number of fused-ring (bicyclic) bond motifs is 1. The van der Waals surface area contributed by atoms with Gasteiger partial charge in [-0.05, 0) is 36.2 Å². The van der Waals surface area contributed by atoms with Crippen molar-refractivity contribution in [3.8, 4) is 0 Å². The van der Waals surface area contributed by atoms with Gasteiger partial charge in [0.1, 0.15) is 0 Å². The lowest BCUT2D eigenvalue weighted by molar-refractivity contribution is 1.17. The van der Waals surface area contributed by atoms with Crippen molar-refractivity contribution in [1.82, 2.24) is 4.98 Å². The molecule has 23 heavy (non-hydrogen) atoms. The minimum atomic E-state index is 0. The Morgan fingerprint density at radius 3 is 2.48 bits per heavy atom. The smallest absolute Gasteiger partial charge is 0.0740 e. The predicted octanol–water partition coefficient (Wildman–Crippen LogP) is 5.87. The first kappa shape index (κ1) is 19.9. The fourth-order valence-electron chi connectivity index (χ4n) is 2.42. The summed E-state index contributed by atoms with van der Waals surface area (Å²) in [4.78, 5) is 4.64. The van der Waals surface area contributed by atoms with Gasteiger partial charge in [-0.2, -0.15) is 0 Å². The quantitative estimate of drug-likeness (QED) is 0.557. The molecule has 3 aromatic rings. The Kier molecular flexibility index (Phi) is 6.97. The van der Waals surface area contributed by atoms with Gasteiger partial charge in [-0.15, -0.1) is 24.8 Å². The van der Waals surface area contributed by atoms with Crippen LogP contribution in [0.1, 0.15) is 16.8 Å². The molecule has 6 heteroatoms. The van der Waals surface area contributed by atoms with Gasteiger partial charge in [0.05, 0.1) is 16.2 Å². The maximum absolute atomic E-state index is 6.30. The van der Waals surface area contributed by atoms with Gasteiger partial charge in [-0.25, -0.2) is 0 Å². The van der Waals surface area contributed by atoms with E-state index in [1.165, 1.54) is 0 Å². The molecule has 0 spiro atoms. The first-order valence-electron chi connectivity index (χ1n) is 6.64. The number of hydrogen-bond acceptors (Lipinski definition) is 2. The van der Waals surface area contributed by atoms with E-state index in [0.717, 1.165) is 27.7 Å². The number of nitrogens with two attached hydrogens (primary N) is 1. The van der Waals surface area contributed by atoms with E-state index in [0.29, 0.717) is 22.2 Å². The van der Waals surface area contributed by atoms with E-state index in [4.69, 9.17) is 28.9 Å². The molecule has 2 N–H and O–H groups in total. The van der Waals surface area contributed by atoms with Crippen LogP contribution in [0, 0.1) is 6.92 Å². The monoisotopic (exact) mass is 388 g/mol. The van der Waals surface area contributed by atoms with Crippen LogP contribution in [-0.2, 0) is 6.42 Å². The molecule has 122 valence electrons. The van der Waals surface area contributed by atoms with Gasteiger partial charge in [0.25, 0.3) is 0 Å². The normalized spacial score (nSPS) is 10.0. The number of nitrogens with zero attached hydrogens (tertiary/aromatic N) is 1. The summed E-state index contributed by atoms with van der Waals surface area (Å²) >= 11 is 12.6. The second-order valence-electron chi connectivity index (χ2n) is 5.05. The van der Waals surface area contributed by atoms with Gasteiger partial charge < -0.3 is 5.73 Å². The molecule has 0 aliphatic rings. The second-order valence-corrected chi connectivity index (χ2v) is 5.83. The van der Waals surface area contributed by atoms with E-state index in [-0.39, 0.29) is 24.8 Å². The van der Waals surface area contributed by atoms with Crippen molar-refractivity contribution in [3.63, 3.8) is 0 Å². The first-order chi connectivity index (χ1) is 10.1. The van der Waals surface area contributed by atoms with Gasteiger partial charge in [-0.1, -0.05) is 47.5 Å². The standard InChI is InChI=1S/C17H14Cl2N2.2ClH/c1-10-5-6-11-3-2-4-12(17(11)21-10)9-13-14(18)7-8-15(20)16(13)19;;/h2-8H,9,20H2,1H3;2*1H. The van der Waals surface area contributed by atoms with Crippen LogP contribution in [0.25, 0.3) is 10.9 Å². The number of pyridine rings is 1. The van der Waals surface area contributed by atoms with E-state index in [9.17, 15) is 0 Å². The number of benzene rings is 2. The zero-order valence-electron chi connectivity index (χ0n) is 12.3. The molecule has 1 aromatic heterocycles. The fourth-order valence-corrected chi connectivity index (χ4v) is 2.92. The molecule has 0 bridgehead atoms. The van der Waals surface area contributed by atoms with Gasteiger partial charge in [-0.3, -0.25) is 4.98 Å². The Labute approximate surface area is 157 Å². The molecular formula is C17H16Cl4N2. The van der Waals surface area contributed by atoms with E-state index >= 15 is 0 Å². The highest BCUT2D eigenvalue weighted by atomic mass is 35.5. The van der Waals surface area contributed by atoms with Crippen molar-refractivity contribution < 1.29 is 0 Å². The van der Waals surface area contributed by atoms with Crippen LogP contribution in [0.15, 0.2) is 42.5 Å². The number of hydrogen-bond donors (Lipinski definition) is 1. The molecule has 0 saturated carbocycles. The van der Waals surface area contributed by atoms with Crippen molar-refractivity contribution in [2.24, 2.45) is 0 Å². The van der Waals surface area contributed by atoms with Crippen molar-refractivity contribution >= 4 is 64.6 Å². The van der Waals surface area contributed by atoms with Crippen LogP contribution in [-0.4, -0.2) is 4.98 Å². The average Bonchev–Trinajstić information content (AvgIpc) is 2.48. The molecule has 1 heterocycles. The molecule has 0 fully saturated rings. The third-order valence-electron chi connectivity index (χ3n) is 3.53. The number of anilines is 1. The molecule has 0 amide bonds. The summed E-state index contributed by atoms with van der Waals surface area (Å²) < 4.78 is 0. The summed E-state index contributed by atoms with van der Waals surface area (Å²) in [5.74, 6) is 0. The molecule has 0 aliphatic carbocycles. The number of rotatable bonds is 2. The zero-order chi connectivity index (χ0) is 15.0. The fraction of sp³-hybridized carbons (Fsp3) is 0.118. The van der Waals surface area contributed by atoms with Gasteiger partial charge in [0.15, 0.2) is 0 Å². The minimum absolute atomic E-state index is 0. The van der Waals surface area contributed by atoms with E-state index in [1.54, 1.807) is 12.1 Å². The Bertz CT molecular complexity index is 834. The topological polar surface area (TPSA) is 38.9 Å². The lowest BCUT2D eigenvalue weighted by atomic mass is 10.0. The third kappa shape index (κ3) is 4.02. The Balaban J connectivity index is 0.00000132. The van der Waals surface area contributed by atoms with Crippen molar-refractivity contribution in [2.45, 2.75) is 13.3 Å². The zero-order valence-corrected chi connectivity index (χ0v) is 15.5. The van der Waals surface area contributed by atoms with Crippen LogP contribution in [0.4, 0.5) is 5.69 Å². The molecule has 0 unspecified atom stereocenters. The first-order valence-corrected chi connectivity index (χ1v) is 7.39. The number of halogens is 4. The summed E-state index contributed by atoms with van der Waals surface area (Å²) in [5, 5.41) is 2.25. The lowest BCUT2D eigenvalue weighted by Gasteiger charge is -2.11. The van der Waals surface area contributed by atoms with Gasteiger partial charge in [0.2, 0.25) is 0 Å². The highest BCUT2D eigenvalue weighted by molar-refractivity contribution is 6.37. The van der Waals surface area contributed by atoms with Gasteiger partial charge in [0, 0.05) is 22.5 Å². The highest BCUT2D eigenvalue weighted by Gasteiger charge is 2.12. The van der Waals surface area contributed by atoms with Crippen molar-refractivity contribution in [2.75, 3.05) is 5.73 Å². The Morgan fingerprint density at radius 2 is 1.74 bits per heavy atom. The van der Waals surface area contributed by atoms with Crippen LogP contribution in [0.3, 0.4) is 0 Å². The Morgan fingerprint density at radius 1 is 1.00 bits per heavy atom. The maximum atomic E-state index is 6.30. The van der Waals surface area contributed by atoms with E-state index < -0.39 is 0 Å². The average molecular weight is 390 g/mol. The second kappa shape index (κ2) is 8.07.